The van der Waals surface area contributed by atoms with Gasteiger partial charge in [0, 0.05) is 11.3 Å². The third-order valence-corrected chi connectivity index (χ3v) is 4.72. The number of nitrogens with two attached hydrogens (primary N) is 1. The lowest BCUT2D eigenvalue weighted by molar-refractivity contribution is 0.101. The number of nitriles is 1. The van der Waals surface area contributed by atoms with Crippen LogP contribution in [0.1, 0.15) is 27.4 Å². The summed E-state index contributed by atoms with van der Waals surface area (Å²) in [4.78, 5) is 17.0. The number of ether oxygens (including phenoxy) is 1. The van der Waals surface area contributed by atoms with E-state index < -0.39 is 11.7 Å². The Labute approximate surface area is 171 Å². The highest BCUT2D eigenvalue weighted by Gasteiger charge is 2.25. The van der Waals surface area contributed by atoms with Crippen molar-refractivity contribution in [1.82, 2.24) is 9.55 Å². The summed E-state index contributed by atoms with van der Waals surface area (Å²) >= 11 is 5.77. The third kappa shape index (κ3) is 3.60. The van der Waals surface area contributed by atoms with E-state index in [1.54, 1.807) is 6.07 Å². The maximum absolute atomic E-state index is 13.4. The second-order valence-corrected chi connectivity index (χ2v) is 6.67. The van der Waals surface area contributed by atoms with E-state index in [1.165, 1.54) is 23.8 Å². The molecule has 1 heterocycles. The van der Waals surface area contributed by atoms with Crippen LogP contribution in [-0.2, 0) is 0 Å². The summed E-state index contributed by atoms with van der Waals surface area (Å²) in [5.41, 5.74) is 8.42. The molecule has 3 N–H and O–H groups in total. The number of hydrogen-bond donors (Lipinski definition) is 2. The maximum Gasteiger partial charge on any atom is 0.292 e. The van der Waals surface area contributed by atoms with Gasteiger partial charge in [-0.15, -0.1) is 0 Å². The summed E-state index contributed by atoms with van der Waals surface area (Å²) in [7, 11) is 1.53. The Hall–Kier alpha value is -3.57. The molecule has 3 aromatic rings. The van der Waals surface area contributed by atoms with Crippen molar-refractivity contribution in [2.75, 3.05) is 18.2 Å². The molecule has 0 atom stereocenters. The molecular formula is C20H17ClFN5O2. The fourth-order valence-corrected chi connectivity index (χ4v) is 3.22. The predicted octanol–water partition coefficient (Wildman–Crippen LogP) is 4.00. The van der Waals surface area contributed by atoms with Gasteiger partial charge in [0.15, 0.2) is 5.69 Å². The molecule has 0 spiro atoms. The number of imidazole rings is 1. The molecule has 7 nitrogen and oxygen atoms in total. The number of benzene rings is 2. The number of carbonyl (C=O) groups is 1. The van der Waals surface area contributed by atoms with Crippen LogP contribution in [0, 0.1) is 31.0 Å². The number of aryl methyl sites for hydroxylation is 1. The van der Waals surface area contributed by atoms with Crippen molar-refractivity contribution in [2.24, 2.45) is 0 Å². The SMILES string of the molecule is COc1ccc(C)c(-n2c(C(=O)Nc3ccc(F)c(Cl)c3)nc(C#N)c2N)c1C. The smallest absolute Gasteiger partial charge is 0.292 e. The molecule has 148 valence electrons. The minimum absolute atomic E-state index is 0.0224. The fraction of sp³-hybridized carbons (Fsp3) is 0.150. The number of nitrogens with one attached hydrogen (secondary N) is 1. The zero-order valence-electron chi connectivity index (χ0n) is 15.9. The van der Waals surface area contributed by atoms with Crippen molar-refractivity contribution >= 4 is 29.0 Å². The first-order valence-corrected chi connectivity index (χ1v) is 8.85. The van der Waals surface area contributed by atoms with E-state index in [-0.39, 0.29) is 28.0 Å². The van der Waals surface area contributed by atoms with E-state index in [1.807, 2.05) is 26.0 Å². The normalized spacial score (nSPS) is 10.5. The van der Waals surface area contributed by atoms with Crippen LogP contribution in [-0.4, -0.2) is 22.6 Å². The van der Waals surface area contributed by atoms with Crippen LogP contribution in [0.2, 0.25) is 5.02 Å². The van der Waals surface area contributed by atoms with Gasteiger partial charge in [0.05, 0.1) is 17.8 Å². The van der Waals surface area contributed by atoms with Gasteiger partial charge < -0.3 is 15.8 Å². The van der Waals surface area contributed by atoms with Gasteiger partial charge in [-0.05, 0) is 43.7 Å². The van der Waals surface area contributed by atoms with E-state index in [2.05, 4.69) is 10.3 Å². The molecule has 3 rings (SSSR count). The van der Waals surface area contributed by atoms with E-state index in [4.69, 9.17) is 22.1 Å². The lowest BCUT2D eigenvalue weighted by atomic mass is 10.1. The van der Waals surface area contributed by atoms with Crippen molar-refractivity contribution < 1.29 is 13.9 Å². The van der Waals surface area contributed by atoms with E-state index >= 15 is 0 Å². The summed E-state index contributed by atoms with van der Waals surface area (Å²) in [5, 5.41) is 11.8. The number of halogens is 2. The molecule has 1 aromatic heterocycles. The number of rotatable bonds is 4. The maximum atomic E-state index is 13.4. The Bertz CT molecular complexity index is 1170. The standard InChI is InChI=1S/C20H17ClFN5O2/c1-10-4-7-16(29-3)11(2)17(10)27-18(24)15(9-23)26-19(27)20(28)25-12-5-6-14(22)13(21)8-12/h4-8H,24H2,1-3H3,(H,25,28). The van der Waals surface area contributed by atoms with Gasteiger partial charge in [0.2, 0.25) is 5.82 Å². The number of nitrogens with zero attached hydrogens (tertiary/aromatic N) is 3. The van der Waals surface area contributed by atoms with E-state index in [0.29, 0.717) is 11.4 Å². The molecule has 2 aromatic carbocycles. The van der Waals surface area contributed by atoms with Gasteiger partial charge in [0.25, 0.3) is 5.91 Å². The summed E-state index contributed by atoms with van der Waals surface area (Å²) in [6.07, 6.45) is 0. The summed E-state index contributed by atoms with van der Waals surface area (Å²) in [5.74, 6) is -0.727. The zero-order chi connectivity index (χ0) is 21.3. The molecule has 0 aliphatic rings. The highest BCUT2D eigenvalue weighted by atomic mass is 35.5. The first-order chi connectivity index (χ1) is 13.8. The minimum atomic E-state index is -0.637. The van der Waals surface area contributed by atoms with E-state index in [0.717, 1.165) is 17.2 Å². The van der Waals surface area contributed by atoms with Crippen molar-refractivity contribution in [2.45, 2.75) is 13.8 Å². The molecule has 0 bridgehead atoms. The summed E-state index contributed by atoms with van der Waals surface area (Å²) in [6, 6.07) is 9.28. The third-order valence-electron chi connectivity index (χ3n) is 4.43. The van der Waals surface area contributed by atoms with Crippen LogP contribution in [0.5, 0.6) is 5.75 Å². The summed E-state index contributed by atoms with van der Waals surface area (Å²) in [6.45, 7) is 3.66. The van der Waals surface area contributed by atoms with Crippen molar-refractivity contribution in [3.8, 4) is 17.5 Å². The van der Waals surface area contributed by atoms with Gasteiger partial charge >= 0.3 is 0 Å². The largest absolute Gasteiger partial charge is 0.496 e. The van der Waals surface area contributed by atoms with Gasteiger partial charge in [0.1, 0.15) is 23.5 Å². The molecule has 1 amide bonds. The van der Waals surface area contributed by atoms with Crippen LogP contribution < -0.4 is 15.8 Å². The van der Waals surface area contributed by atoms with Crippen molar-refractivity contribution in [3.63, 3.8) is 0 Å². The van der Waals surface area contributed by atoms with Gasteiger partial charge in [-0.25, -0.2) is 9.37 Å². The van der Waals surface area contributed by atoms with Crippen molar-refractivity contribution in [3.05, 3.63) is 63.8 Å². The zero-order valence-corrected chi connectivity index (χ0v) is 16.6. The lowest BCUT2D eigenvalue weighted by Gasteiger charge is -2.17. The van der Waals surface area contributed by atoms with Crippen LogP contribution in [0.15, 0.2) is 30.3 Å². The predicted molar refractivity (Wildman–Crippen MR) is 108 cm³/mol. The quantitative estimate of drug-likeness (QED) is 0.672. The average Bonchev–Trinajstić information content (AvgIpc) is 3.01. The Morgan fingerprint density at radius 1 is 1.34 bits per heavy atom. The molecule has 0 fully saturated rings. The number of hydrogen-bond acceptors (Lipinski definition) is 5. The molecule has 0 unspecified atom stereocenters. The number of methoxy groups -OCH3 is 1. The molecule has 0 saturated carbocycles. The molecule has 0 aliphatic heterocycles. The number of aromatic nitrogens is 2. The Balaban J connectivity index is 2.16. The monoisotopic (exact) mass is 413 g/mol. The number of carbonyl (C=O) groups excluding carboxylic acids is 1. The Morgan fingerprint density at radius 2 is 2.07 bits per heavy atom. The highest BCUT2D eigenvalue weighted by molar-refractivity contribution is 6.31. The van der Waals surface area contributed by atoms with Gasteiger partial charge in [-0.2, -0.15) is 5.26 Å². The number of amides is 1. The first kappa shape index (κ1) is 20.2. The fourth-order valence-electron chi connectivity index (χ4n) is 3.04. The van der Waals surface area contributed by atoms with Crippen LogP contribution >= 0.6 is 11.6 Å². The van der Waals surface area contributed by atoms with Crippen LogP contribution in [0.25, 0.3) is 5.69 Å². The second-order valence-electron chi connectivity index (χ2n) is 6.26. The first-order valence-electron chi connectivity index (χ1n) is 8.47. The van der Waals surface area contributed by atoms with Gasteiger partial charge in [-0.3, -0.25) is 9.36 Å². The Kier molecular flexibility index (Phi) is 5.43. The summed E-state index contributed by atoms with van der Waals surface area (Å²) < 4.78 is 20.2. The molecule has 0 aliphatic carbocycles. The topological polar surface area (TPSA) is 106 Å². The molecule has 9 heteroatoms. The number of anilines is 2. The lowest BCUT2D eigenvalue weighted by Crippen LogP contribution is -2.19. The van der Waals surface area contributed by atoms with E-state index in [9.17, 15) is 14.4 Å². The minimum Gasteiger partial charge on any atom is -0.496 e. The molecular weight excluding hydrogens is 397 g/mol. The second kappa shape index (κ2) is 7.81. The molecule has 0 radical (unpaired) electrons. The number of nitrogen functional groups attached to an aromatic ring is 1. The van der Waals surface area contributed by atoms with Gasteiger partial charge in [-0.1, -0.05) is 17.7 Å². The van der Waals surface area contributed by atoms with Crippen LogP contribution in [0.3, 0.4) is 0 Å². The molecule has 29 heavy (non-hydrogen) atoms. The Morgan fingerprint density at radius 3 is 2.69 bits per heavy atom. The average molecular weight is 414 g/mol. The molecule has 0 saturated heterocycles. The van der Waals surface area contributed by atoms with Crippen molar-refractivity contribution in [1.29, 1.82) is 5.26 Å². The highest BCUT2D eigenvalue weighted by Crippen LogP contribution is 2.32. The van der Waals surface area contributed by atoms with Crippen LogP contribution in [0.4, 0.5) is 15.9 Å².